The first kappa shape index (κ1) is 14.4. The second-order valence-electron chi connectivity index (χ2n) is 4.66. The molecule has 0 unspecified atom stereocenters. The summed E-state index contributed by atoms with van der Waals surface area (Å²) in [7, 11) is 0. The first-order valence-electron chi connectivity index (χ1n) is 6.41. The van der Waals surface area contributed by atoms with Crippen LogP contribution in [0.3, 0.4) is 0 Å². The van der Waals surface area contributed by atoms with Crippen molar-refractivity contribution in [2.45, 2.75) is 13.5 Å². The van der Waals surface area contributed by atoms with Crippen LogP contribution in [0.25, 0.3) is 11.5 Å². The standard InChI is InChI=1S/C15H13Br2N3O/c1-9-2-5-14(21-9)15-10(8-19-20-15)7-18-13-4-3-11(16)6-12(13)17/h2-6,8,18H,7H2,1H3,(H,19,20). The number of nitrogens with one attached hydrogen (secondary N) is 2. The van der Waals surface area contributed by atoms with E-state index in [9.17, 15) is 0 Å². The maximum Gasteiger partial charge on any atom is 0.152 e. The van der Waals surface area contributed by atoms with Gasteiger partial charge in [0, 0.05) is 26.7 Å². The van der Waals surface area contributed by atoms with E-state index in [1.807, 2.05) is 43.5 Å². The van der Waals surface area contributed by atoms with Crippen molar-refractivity contribution in [3.05, 3.63) is 56.8 Å². The predicted molar refractivity (Wildman–Crippen MR) is 90.2 cm³/mol. The molecular formula is C15H13Br2N3O. The van der Waals surface area contributed by atoms with Crippen molar-refractivity contribution in [1.29, 1.82) is 0 Å². The van der Waals surface area contributed by atoms with Crippen molar-refractivity contribution in [3.63, 3.8) is 0 Å². The quantitative estimate of drug-likeness (QED) is 0.627. The van der Waals surface area contributed by atoms with Crippen LogP contribution in [0.5, 0.6) is 0 Å². The Morgan fingerprint density at radius 3 is 2.81 bits per heavy atom. The summed E-state index contributed by atoms with van der Waals surface area (Å²) in [5.74, 6) is 1.69. The molecule has 0 bridgehead atoms. The van der Waals surface area contributed by atoms with Gasteiger partial charge in [-0.2, -0.15) is 5.10 Å². The van der Waals surface area contributed by atoms with Gasteiger partial charge >= 0.3 is 0 Å². The number of rotatable bonds is 4. The van der Waals surface area contributed by atoms with Crippen molar-refractivity contribution < 1.29 is 4.42 Å². The Bertz CT molecular complexity index is 764. The molecule has 0 fully saturated rings. The second kappa shape index (κ2) is 6.07. The fourth-order valence-electron chi connectivity index (χ4n) is 2.05. The highest BCUT2D eigenvalue weighted by atomic mass is 79.9. The van der Waals surface area contributed by atoms with Gasteiger partial charge in [0.15, 0.2) is 5.76 Å². The summed E-state index contributed by atoms with van der Waals surface area (Å²) >= 11 is 6.99. The molecule has 3 aromatic rings. The van der Waals surface area contributed by atoms with E-state index in [1.54, 1.807) is 0 Å². The zero-order valence-electron chi connectivity index (χ0n) is 11.3. The van der Waals surface area contributed by atoms with Crippen LogP contribution in [0, 0.1) is 6.92 Å². The summed E-state index contributed by atoms with van der Waals surface area (Å²) < 4.78 is 7.69. The van der Waals surface area contributed by atoms with Gasteiger partial charge in [-0.05, 0) is 53.2 Å². The van der Waals surface area contributed by atoms with Crippen LogP contribution in [0.4, 0.5) is 5.69 Å². The Labute approximate surface area is 139 Å². The Hall–Kier alpha value is -1.53. The van der Waals surface area contributed by atoms with Crippen molar-refractivity contribution in [2.75, 3.05) is 5.32 Å². The number of halogens is 2. The van der Waals surface area contributed by atoms with Crippen molar-refractivity contribution in [2.24, 2.45) is 0 Å². The fraction of sp³-hybridized carbons (Fsp3) is 0.133. The van der Waals surface area contributed by atoms with Crippen LogP contribution in [0.1, 0.15) is 11.3 Å². The van der Waals surface area contributed by atoms with Gasteiger partial charge in [0.1, 0.15) is 11.5 Å². The summed E-state index contributed by atoms with van der Waals surface area (Å²) in [6, 6.07) is 9.92. The molecule has 2 aromatic heterocycles. The molecule has 0 aliphatic heterocycles. The van der Waals surface area contributed by atoms with Gasteiger partial charge in [-0.3, -0.25) is 5.10 Å². The molecule has 2 N–H and O–H groups in total. The zero-order chi connectivity index (χ0) is 14.8. The smallest absolute Gasteiger partial charge is 0.152 e. The fourth-order valence-corrected chi connectivity index (χ4v) is 3.24. The molecule has 0 saturated carbocycles. The van der Waals surface area contributed by atoms with Crippen molar-refractivity contribution >= 4 is 37.5 Å². The molecule has 0 amide bonds. The largest absolute Gasteiger partial charge is 0.460 e. The predicted octanol–water partition coefficient (Wildman–Crippen LogP) is 5.12. The monoisotopic (exact) mass is 409 g/mol. The number of benzene rings is 1. The average Bonchev–Trinajstić information content (AvgIpc) is 3.06. The van der Waals surface area contributed by atoms with E-state index < -0.39 is 0 Å². The topological polar surface area (TPSA) is 53.9 Å². The highest BCUT2D eigenvalue weighted by molar-refractivity contribution is 9.11. The lowest BCUT2D eigenvalue weighted by Gasteiger charge is -2.08. The third-order valence-electron chi connectivity index (χ3n) is 3.11. The van der Waals surface area contributed by atoms with Crippen LogP contribution in [-0.4, -0.2) is 10.2 Å². The molecule has 0 spiro atoms. The number of aryl methyl sites for hydroxylation is 1. The van der Waals surface area contributed by atoms with Gasteiger partial charge in [-0.1, -0.05) is 15.9 Å². The van der Waals surface area contributed by atoms with E-state index in [4.69, 9.17) is 4.42 Å². The molecule has 3 rings (SSSR count). The molecule has 108 valence electrons. The molecule has 1 aromatic carbocycles. The maximum atomic E-state index is 5.65. The van der Waals surface area contributed by atoms with Crippen molar-refractivity contribution in [3.8, 4) is 11.5 Å². The van der Waals surface area contributed by atoms with E-state index in [2.05, 4.69) is 47.4 Å². The highest BCUT2D eigenvalue weighted by Gasteiger charge is 2.11. The molecule has 0 radical (unpaired) electrons. The number of anilines is 1. The minimum absolute atomic E-state index is 0.659. The first-order chi connectivity index (χ1) is 10.1. The maximum absolute atomic E-state index is 5.65. The number of nitrogens with zero attached hydrogens (tertiary/aromatic N) is 1. The highest BCUT2D eigenvalue weighted by Crippen LogP contribution is 2.28. The van der Waals surface area contributed by atoms with Crippen LogP contribution >= 0.6 is 31.9 Å². The van der Waals surface area contributed by atoms with Crippen LogP contribution in [-0.2, 0) is 6.54 Å². The number of H-pyrrole nitrogens is 1. The number of hydrogen-bond acceptors (Lipinski definition) is 3. The second-order valence-corrected chi connectivity index (χ2v) is 6.43. The third-order valence-corrected chi connectivity index (χ3v) is 4.25. The van der Waals surface area contributed by atoms with Gasteiger partial charge < -0.3 is 9.73 Å². The molecule has 4 nitrogen and oxygen atoms in total. The van der Waals surface area contributed by atoms with E-state index in [0.717, 1.165) is 37.4 Å². The van der Waals surface area contributed by atoms with Gasteiger partial charge in [-0.15, -0.1) is 0 Å². The number of hydrogen-bond donors (Lipinski definition) is 2. The van der Waals surface area contributed by atoms with E-state index in [-0.39, 0.29) is 0 Å². The van der Waals surface area contributed by atoms with Gasteiger partial charge in [0.05, 0.1) is 6.20 Å². The van der Waals surface area contributed by atoms with E-state index in [1.165, 1.54) is 0 Å². The lowest BCUT2D eigenvalue weighted by Crippen LogP contribution is -2.00. The van der Waals surface area contributed by atoms with E-state index in [0.29, 0.717) is 6.54 Å². The Balaban J connectivity index is 1.79. The van der Waals surface area contributed by atoms with Gasteiger partial charge in [-0.25, -0.2) is 0 Å². The Morgan fingerprint density at radius 1 is 1.24 bits per heavy atom. The molecule has 0 aliphatic carbocycles. The minimum atomic E-state index is 0.659. The van der Waals surface area contributed by atoms with E-state index >= 15 is 0 Å². The third kappa shape index (κ3) is 3.22. The molecule has 6 heteroatoms. The van der Waals surface area contributed by atoms with Gasteiger partial charge in [0.25, 0.3) is 0 Å². The summed E-state index contributed by atoms with van der Waals surface area (Å²) in [5, 5.41) is 10.5. The summed E-state index contributed by atoms with van der Waals surface area (Å²) in [6.07, 6.45) is 1.81. The number of furan rings is 1. The SMILES string of the molecule is Cc1ccc(-c2[nH]ncc2CNc2ccc(Br)cc2Br)o1. The van der Waals surface area contributed by atoms with Crippen LogP contribution in [0.15, 0.2) is 49.9 Å². The summed E-state index contributed by atoms with van der Waals surface area (Å²) in [5.41, 5.74) is 2.99. The lowest BCUT2D eigenvalue weighted by molar-refractivity contribution is 0.545. The summed E-state index contributed by atoms with van der Waals surface area (Å²) in [6.45, 7) is 2.59. The number of aromatic amines is 1. The van der Waals surface area contributed by atoms with Crippen molar-refractivity contribution in [1.82, 2.24) is 10.2 Å². The van der Waals surface area contributed by atoms with Gasteiger partial charge in [0.2, 0.25) is 0 Å². The molecular weight excluding hydrogens is 398 g/mol. The molecule has 0 aliphatic rings. The average molecular weight is 411 g/mol. The Kier molecular flexibility index (Phi) is 4.17. The normalized spacial score (nSPS) is 10.8. The molecule has 0 saturated heterocycles. The molecule has 0 atom stereocenters. The number of aromatic nitrogens is 2. The van der Waals surface area contributed by atoms with Crippen LogP contribution in [0.2, 0.25) is 0 Å². The zero-order valence-corrected chi connectivity index (χ0v) is 14.5. The molecule has 21 heavy (non-hydrogen) atoms. The minimum Gasteiger partial charge on any atom is -0.460 e. The lowest BCUT2D eigenvalue weighted by atomic mass is 10.2. The first-order valence-corrected chi connectivity index (χ1v) is 8.00. The molecule has 2 heterocycles. The van der Waals surface area contributed by atoms with Crippen LogP contribution < -0.4 is 5.32 Å². The Morgan fingerprint density at radius 2 is 2.10 bits per heavy atom. The summed E-state index contributed by atoms with van der Waals surface area (Å²) in [4.78, 5) is 0.